The van der Waals surface area contributed by atoms with Crippen molar-refractivity contribution in [2.45, 2.75) is 37.8 Å². The Hall–Kier alpha value is -2.19. The van der Waals surface area contributed by atoms with Gasteiger partial charge in [0.1, 0.15) is 5.54 Å². The Bertz CT molecular complexity index is 687. The summed E-state index contributed by atoms with van der Waals surface area (Å²) >= 11 is 0. The molecule has 0 radical (unpaired) electrons. The zero-order chi connectivity index (χ0) is 16.9. The maximum atomic E-state index is 13.7. The van der Waals surface area contributed by atoms with Crippen LogP contribution >= 0.6 is 0 Å². The minimum atomic E-state index is -2.28. The molecule has 1 saturated heterocycles. The molecule has 23 heavy (non-hydrogen) atoms. The van der Waals surface area contributed by atoms with Crippen molar-refractivity contribution in [1.29, 1.82) is 0 Å². The number of imide groups is 1. The Morgan fingerprint density at radius 1 is 0.870 bits per heavy atom. The second-order valence-corrected chi connectivity index (χ2v) is 5.66. The lowest BCUT2D eigenvalue weighted by Gasteiger charge is -2.20. The van der Waals surface area contributed by atoms with Crippen molar-refractivity contribution < 1.29 is 31.5 Å². The van der Waals surface area contributed by atoms with Crippen LogP contribution in [0.1, 0.15) is 31.2 Å². The Morgan fingerprint density at radius 2 is 1.35 bits per heavy atom. The quantitative estimate of drug-likeness (QED) is 0.391. The highest BCUT2D eigenvalue weighted by atomic mass is 19.2. The van der Waals surface area contributed by atoms with Gasteiger partial charge in [-0.2, -0.15) is 0 Å². The van der Waals surface area contributed by atoms with Crippen molar-refractivity contribution >= 4 is 11.9 Å². The molecule has 9 heteroatoms. The number of hydrogen-bond acceptors (Lipinski definition) is 2. The van der Waals surface area contributed by atoms with Gasteiger partial charge in [0.25, 0.3) is 5.91 Å². The third-order valence-electron chi connectivity index (χ3n) is 4.32. The average Bonchev–Trinajstić information content (AvgIpc) is 3.08. The lowest BCUT2D eigenvalue weighted by molar-refractivity contribution is -0.131. The van der Waals surface area contributed by atoms with Crippen molar-refractivity contribution in [3.05, 3.63) is 34.6 Å². The number of nitrogens with zero attached hydrogens (tertiary/aromatic N) is 1. The molecular formula is C14H11F5N2O2. The van der Waals surface area contributed by atoms with Crippen LogP contribution in [-0.2, 0) is 11.3 Å². The predicted octanol–water partition coefficient (Wildman–Crippen LogP) is 2.75. The smallest absolute Gasteiger partial charge is 0.323 e. The van der Waals surface area contributed by atoms with E-state index in [1.807, 2.05) is 0 Å². The molecule has 0 unspecified atom stereocenters. The molecule has 1 heterocycles. The van der Waals surface area contributed by atoms with E-state index in [9.17, 15) is 31.5 Å². The van der Waals surface area contributed by atoms with E-state index in [0.29, 0.717) is 30.6 Å². The maximum absolute atomic E-state index is 13.7. The van der Waals surface area contributed by atoms with Crippen LogP contribution in [0.4, 0.5) is 26.7 Å². The molecule has 1 aliphatic heterocycles. The zero-order valence-corrected chi connectivity index (χ0v) is 11.7. The van der Waals surface area contributed by atoms with Gasteiger partial charge < -0.3 is 5.32 Å². The summed E-state index contributed by atoms with van der Waals surface area (Å²) < 4.78 is 66.8. The monoisotopic (exact) mass is 334 g/mol. The summed E-state index contributed by atoms with van der Waals surface area (Å²) in [6.45, 7) is -1.02. The number of carbonyl (C=O) groups excluding carboxylic acids is 2. The molecule has 2 aliphatic rings. The van der Waals surface area contributed by atoms with Crippen LogP contribution in [0.5, 0.6) is 0 Å². The summed E-state index contributed by atoms with van der Waals surface area (Å²) in [5, 5.41) is 2.46. The number of urea groups is 1. The fourth-order valence-corrected chi connectivity index (χ4v) is 3.08. The maximum Gasteiger partial charge on any atom is 0.325 e. The van der Waals surface area contributed by atoms with Crippen LogP contribution in [0.25, 0.3) is 0 Å². The highest BCUT2D eigenvalue weighted by Gasteiger charge is 2.52. The van der Waals surface area contributed by atoms with E-state index in [0.717, 1.165) is 0 Å². The molecule has 124 valence electrons. The van der Waals surface area contributed by atoms with Crippen LogP contribution in [0.3, 0.4) is 0 Å². The topological polar surface area (TPSA) is 49.4 Å². The van der Waals surface area contributed by atoms with Gasteiger partial charge in [-0.25, -0.2) is 26.7 Å². The van der Waals surface area contributed by atoms with E-state index >= 15 is 0 Å². The van der Waals surface area contributed by atoms with Gasteiger partial charge in [0.15, 0.2) is 23.3 Å². The first-order chi connectivity index (χ1) is 10.8. The fourth-order valence-electron chi connectivity index (χ4n) is 3.08. The van der Waals surface area contributed by atoms with Gasteiger partial charge in [0.2, 0.25) is 5.82 Å². The Labute approximate surface area is 127 Å². The molecule has 3 amide bonds. The summed E-state index contributed by atoms with van der Waals surface area (Å²) in [5.74, 6) is -11.3. The van der Waals surface area contributed by atoms with E-state index in [4.69, 9.17) is 0 Å². The molecule has 2 fully saturated rings. The summed E-state index contributed by atoms with van der Waals surface area (Å²) in [6, 6.07) is -0.902. The van der Waals surface area contributed by atoms with Crippen molar-refractivity contribution in [2.24, 2.45) is 0 Å². The lowest BCUT2D eigenvalue weighted by Crippen LogP contribution is -2.44. The number of halogens is 5. The molecule has 1 aromatic carbocycles. The van der Waals surface area contributed by atoms with Gasteiger partial charge in [-0.3, -0.25) is 9.69 Å². The Kier molecular flexibility index (Phi) is 3.53. The Balaban J connectivity index is 1.97. The molecule has 0 aromatic heterocycles. The second-order valence-electron chi connectivity index (χ2n) is 5.66. The van der Waals surface area contributed by atoms with Gasteiger partial charge in [-0.05, 0) is 12.8 Å². The average molecular weight is 334 g/mol. The van der Waals surface area contributed by atoms with Gasteiger partial charge in [0, 0.05) is 5.56 Å². The van der Waals surface area contributed by atoms with Crippen molar-refractivity contribution in [3.8, 4) is 0 Å². The summed E-state index contributed by atoms with van der Waals surface area (Å²) in [7, 11) is 0. The van der Waals surface area contributed by atoms with Crippen LogP contribution in [0, 0.1) is 29.1 Å². The van der Waals surface area contributed by atoms with E-state index in [-0.39, 0.29) is 0 Å². The summed E-state index contributed by atoms with van der Waals surface area (Å²) in [6.07, 6.45) is 2.15. The molecule has 3 rings (SSSR count). The summed E-state index contributed by atoms with van der Waals surface area (Å²) in [4.78, 5) is 24.7. The van der Waals surface area contributed by atoms with Gasteiger partial charge in [-0.1, -0.05) is 12.8 Å². The zero-order valence-electron chi connectivity index (χ0n) is 11.7. The first kappa shape index (κ1) is 15.7. The number of amides is 3. The second kappa shape index (κ2) is 5.17. The highest BCUT2D eigenvalue weighted by molar-refractivity contribution is 6.07. The van der Waals surface area contributed by atoms with Crippen LogP contribution in [0.2, 0.25) is 0 Å². The SMILES string of the molecule is O=C1NC2(CCCC2)C(=O)N1Cc1c(F)c(F)c(F)c(F)c1F. The molecule has 1 saturated carbocycles. The normalized spacial score (nSPS) is 19.8. The predicted molar refractivity (Wildman–Crippen MR) is 66.5 cm³/mol. The first-order valence-electron chi connectivity index (χ1n) is 6.93. The highest BCUT2D eigenvalue weighted by Crippen LogP contribution is 2.36. The number of nitrogens with one attached hydrogen (secondary N) is 1. The number of rotatable bonds is 2. The summed E-state index contributed by atoms with van der Waals surface area (Å²) in [5.41, 5.74) is -2.33. The minimum Gasteiger partial charge on any atom is -0.323 e. The van der Waals surface area contributed by atoms with Crippen LogP contribution in [0.15, 0.2) is 0 Å². The number of hydrogen-bond donors (Lipinski definition) is 1. The van der Waals surface area contributed by atoms with E-state index in [1.54, 1.807) is 0 Å². The minimum absolute atomic E-state index is 0.380. The van der Waals surface area contributed by atoms with Gasteiger partial charge >= 0.3 is 6.03 Å². The molecule has 1 spiro atoms. The van der Waals surface area contributed by atoms with E-state index in [1.165, 1.54) is 0 Å². The van der Waals surface area contributed by atoms with Crippen molar-refractivity contribution in [2.75, 3.05) is 0 Å². The molecule has 0 bridgehead atoms. The molecule has 1 aliphatic carbocycles. The molecule has 4 nitrogen and oxygen atoms in total. The first-order valence-corrected chi connectivity index (χ1v) is 6.93. The number of carbonyl (C=O) groups is 2. The third kappa shape index (κ3) is 2.17. The van der Waals surface area contributed by atoms with Gasteiger partial charge in [0.05, 0.1) is 6.54 Å². The standard InChI is InChI=1S/C14H11F5N2O2/c15-7-6(8(16)10(18)11(19)9(7)17)5-21-12(22)14(20-13(21)23)3-1-2-4-14/h1-5H2,(H,20,23). The van der Waals surface area contributed by atoms with E-state index in [2.05, 4.69) is 5.32 Å². The van der Waals surface area contributed by atoms with E-state index < -0.39 is 58.7 Å². The van der Waals surface area contributed by atoms with Crippen molar-refractivity contribution in [3.63, 3.8) is 0 Å². The Morgan fingerprint density at radius 3 is 1.87 bits per heavy atom. The van der Waals surface area contributed by atoms with Gasteiger partial charge in [-0.15, -0.1) is 0 Å². The largest absolute Gasteiger partial charge is 0.325 e. The lowest BCUT2D eigenvalue weighted by atomic mass is 9.98. The van der Waals surface area contributed by atoms with Crippen molar-refractivity contribution in [1.82, 2.24) is 10.2 Å². The molecule has 1 aromatic rings. The molecule has 1 N–H and O–H groups in total. The molecule has 0 atom stereocenters. The van der Waals surface area contributed by atoms with Crippen LogP contribution < -0.4 is 5.32 Å². The third-order valence-corrected chi connectivity index (χ3v) is 4.32. The fraction of sp³-hybridized carbons (Fsp3) is 0.429. The molecular weight excluding hydrogens is 323 g/mol. The number of benzene rings is 1. The van der Waals surface area contributed by atoms with Crippen LogP contribution in [-0.4, -0.2) is 22.4 Å².